The molecule has 0 heterocycles. The van der Waals surface area contributed by atoms with Gasteiger partial charge < -0.3 is 10.1 Å². The van der Waals surface area contributed by atoms with Crippen LogP contribution in [0, 0.1) is 20.8 Å². The second-order valence-corrected chi connectivity index (χ2v) is 10.0. The smallest absolute Gasteiger partial charge is 0.245 e. The Bertz CT molecular complexity index is 987. The molecule has 0 aliphatic heterocycles. The van der Waals surface area contributed by atoms with Crippen LogP contribution in [0.3, 0.4) is 0 Å². The van der Waals surface area contributed by atoms with Crippen LogP contribution in [0.2, 0.25) is 0 Å². The molecule has 0 spiro atoms. The van der Waals surface area contributed by atoms with Gasteiger partial charge in [0, 0.05) is 5.69 Å². The van der Waals surface area contributed by atoms with Gasteiger partial charge in [-0.2, -0.15) is 0 Å². The molecule has 0 saturated heterocycles. The lowest BCUT2D eigenvalue weighted by Crippen LogP contribution is -2.38. The minimum Gasteiger partial charge on any atom is -0.490 e. The van der Waals surface area contributed by atoms with Gasteiger partial charge in [-0.05, 0) is 81.8 Å². The highest BCUT2D eigenvalue weighted by molar-refractivity contribution is 7.92. The van der Waals surface area contributed by atoms with E-state index in [1.807, 2.05) is 45.0 Å². The van der Waals surface area contributed by atoms with E-state index in [0.29, 0.717) is 11.4 Å². The minimum atomic E-state index is -3.63. The molecule has 162 valence electrons. The highest BCUT2D eigenvalue weighted by Crippen LogP contribution is 2.28. The van der Waals surface area contributed by atoms with Crippen molar-refractivity contribution in [3.8, 4) is 5.75 Å². The van der Waals surface area contributed by atoms with Crippen molar-refractivity contribution >= 4 is 27.3 Å². The molecule has 1 amide bonds. The molecule has 1 saturated carbocycles. The van der Waals surface area contributed by atoms with Gasteiger partial charge in [0.2, 0.25) is 15.9 Å². The topological polar surface area (TPSA) is 75.7 Å². The maximum absolute atomic E-state index is 12.6. The van der Waals surface area contributed by atoms with E-state index < -0.39 is 15.9 Å². The molecule has 30 heavy (non-hydrogen) atoms. The molecular weight excluding hydrogens is 400 g/mol. The highest BCUT2D eigenvalue weighted by Gasteiger charge is 2.24. The number of anilines is 2. The van der Waals surface area contributed by atoms with Crippen molar-refractivity contribution < 1.29 is 17.9 Å². The van der Waals surface area contributed by atoms with Crippen LogP contribution < -0.4 is 14.4 Å². The average Bonchev–Trinajstić information content (AvgIpc) is 3.14. The number of amides is 1. The van der Waals surface area contributed by atoms with Gasteiger partial charge in [0.05, 0.1) is 18.0 Å². The maximum atomic E-state index is 12.6. The summed E-state index contributed by atoms with van der Waals surface area (Å²) in [7, 11) is -3.63. The summed E-state index contributed by atoms with van der Waals surface area (Å²) in [5.41, 5.74) is 3.84. The minimum absolute atomic E-state index is 0.273. The third-order valence-corrected chi connectivity index (χ3v) is 6.43. The first-order valence-corrected chi connectivity index (χ1v) is 12.1. The monoisotopic (exact) mass is 430 g/mol. The zero-order valence-electron chi connectivity index (χ0n) is 18.1. The third-order valence-electron chi connectivity index (χ3n) is 5.32. The van der Waals surface area contributed by atoms with E-state index in [4.69, 9.17) is 4.74 Å². The molecule has 6 nitrogen and oxygen atoms in total. The molecule has 1 aliphatic rings. The number of hydrogen-bond acceptors (Lipinski definition) is 4. The van der Waals surface area contributed by atoms with Gasteiger partial charge in [0.15, 0.2) is 0 Å². The Hall–Kier alpha value is -2.54. The number of benzene rings is 2. The van der Waals surface area contributed by atoms with E-state index in [0.717, 1.165) is 41.5 Å². The number of sulfonamides is 1. The Morgan fingerprint density at radius 3 is 2.17 bits per heavy atom. The van der Waals surface area contributed by atoms with Crippen LogP contribution in [0.5, 0.6) is 5.75 Å². The summed E-state index contributed by atoms with van der Waals surface area (Å²) in [6, 6.07) is 11.0. The predicted octanol–water partition coefficient (Wildman–Crippen LogP) is 4.34. The van der Waals surface area contributed by atoms with Crippen molar-refractivity contribution in [2.75, 3.05) is 22.4 Å². The van der Waals surface area contributed by atoms with Gasteiger partial charge in [-0.25, -0.2) is 8.42 Å². The second-order valence-electron chi connectivity index (χ2n) is 8.11. The van der Waals surface area contributed by atoms with Crippen molar-refractivity contribution in [1.29, 1.82) is 0 Å². The largest absolute Gasteiger partial charge is 0.490 e. The van der Waals surface area contributed by atoms with Gasteiger partial charge in [0.25, 0.3) is 0 Å². The van der Waals surface area contributed by atoms with Gasteiger partial charge in [-0.3, -0.25) is 9.10 Å². The van der Waals surface area contributed by atoms with E-state index >= 15 is 0 Å². The predicted molar refractivity (Wildman–Crippen MR) is 121 cm³/mol. The van der Waals surface area contributed by atoms with Crippen LogP contribution >= 0.6 is 0 Å². The van der Waals surface area contributed by atoms with Crippen LogP contribution in [0.15, 0.2) is 36.4 Å². The number of hydrogen-bond donors (Lipinski definition) is 1. The zero-order chi connectivity index (χ0) is 21.9. The number of aryl methyl sites for hydroxylation is 3. The number of carbonyl (C=O) groups is 1. The van der Waals surface area contributed by atoms with E-state index in [-0.39, 0.29) is 12.6 Å². The molecule has 1 N–H and O–H groups in total. The van der Waals surface area contributed by atoms with Crippen LogP contribution in [0.25, 0.3) is 0 Å². The summed E-state index contributed by atoms with van der Waals surface area (Å²) in [6.07, 6.45) is 5.96. The second kappa shape index (κ2) is 9.08. The third kappa shape index (κ3) is 5.53. The fourth-order valence-electron chi connectivity index (χ4n) is 4.07. The Morgan fingerprint density at radius 2 is 1.63 bits per heavy atom. The lowest BCUT2D eigenvalue weighted by molar-refractivity contribution is -0.114. The molecule has 7 heteroatoms. The Morgan fingerprint density at radius 1 is 1.07 bits per heavy atom. The molecule has 3 rings (SSSR count). The molecular formula is C23H30N2O4S. The summed E-state index contributed by atoms with van der Waals surface area (Å²) in [6.45, 7) is 5.38. The van der Waals surface area contributed by atoms with Gasteiger partial charge in [-0.15, -0.1) is 0 Å². The number of ether oxygens (including phenoxy) is 1. The Balaban J connectivity index is 1.71. The van der Waals surface area contributed by atoms with Gasteiger partial charge in [-0.1, -0.05) is 17.7 Å². The fraction of sp³-hybridized carbons (Fsp3) is 0.435. The number of nitrogens with one attached hydrogen (secondary N) is 1. The van der Waals surface area contributed by atoms with Crippen LogP contribution in [-0.4, -0.2) is 33.2 Å². The molecule has 0 atom stereocenters. The quantitative estimate of drug-likeness (QED) is 0.709. The zero-order valence-corrected chi connectivity index (χ0v) is 18.9. The van der Waals surface area contributed by atoms with Crippen LogP contribution in [0.4, 0.5) is 11.4 Å². The summed E-state index contributed by atoms with van der Waals surface area (Å²) >= 11 is 0. The van der Waals surface area contributed by atoms with Crippen LogP contribution in [-0.2, 0) is 14.8 Å². The van der Waals surface area contributed by atoms with Gasteiger partial charge >= 0.3 is 0 Å². The highest BCUT2D eigenvalue weighted by atomic mass is 32.2. The Labute approximate surface area is 179 Å². The lowest BCUT2D eigenvalue weighted by atomic mass is 10.1. The number of rotatable bonds is 7. The Kier molecular flexibility index (Phi) is 6.71. The van der Waals surface area contributed by atoms with Crippen molar-refractivity contribution in [3.05, 3.63) is 53.1 Å². The lowest BCUT2D eigenvalue weighted by Gasteiger charge is -2.26. The maximum Gasteiger partial charge on any atom is 0.245 e. The summed E-state index contributed by atoms with van der Waals surface area (Å²) in [4.78, 5) is 12.6. The summed E-state index contributed by atoms with van der Waals surface area (Å²) in [5, 5.41) is 2.78. The first-order chi connectivity index (χ1) is 14.1. The molecule has 0 unspecified atom stereocenters. The van der Waals surface area contributed by atoms with Gasteiger partial charge in [0.1, 0.15) is 12.3 Å². The van der Waals surface area contributed by atoms with Crippen molar-refractivity contribution in [2.45, 2.75) is 52.6 Å². The molecule has 1 aliphatic carbocycles. The average molecular weight is 431 g/mol. The van der Waals surface area contributed by atoms with Crippen molar-refractivity contribution in [1.82, 2.24) is 0 Å². The first kappa shape index (κ1) is 22.2. The molecule has 2 aromatic rings. The first-order valence-electron chi connectivity index (χ1n) is 10.3. The summed E-state index contributed by atoms with van der Waals surface area (Å²) in [5.74, 6) is 0.382. The van der Waals surface area contributed by atoms with E-state index in [2.05, 4.69) is 5.32 Å². The van der Waals surface area contributed by atoms with Crippen molar-refractivity contribution in [3.63, 3.8) is 0 Å². The number of nitrogens with zero attached hydrogens (tertiary/aromatic N) is 1. The summed E-state index contributed by atoms with van der Waals surface area (Å²) < 4.78 is 32.0. The van der Waals surface area contributed by atoms with E-state index in [1.54, 1.807) is 12.1 Å². The molecule has 2 aromatic carbocycles. The van der Waals surface area contributed by atoms with E-state index in [9.17, 15) is 13.2 Å². The van der Waals surface area contributed by atoms with E-state index in [1.165, 1.54) is 17.1 Å². The molecule has 1 fully saturated rings. The molecule has 0 bridgehead atoms. The molecule has 0 aromatic heterocycles. The fourth-order valence-corrected chi connectivity index (χ4v) is 5.05. The SMILES string of the molecule is Cc1cc(C)c(N(CC(=O)Nc2ccc(OC3CCCC3)cc2)S(C)(=O)=O)c(C)c1. The normalized spacial score (nSPS) is 14.5. The number of carbonyl (C=O) groups excluding carboxylic acids is 1. The van der Waals surface area contributed by atoms with Crippen molar-refractivity contribution in [2.24, 2.45) is 0 Å². The van der Waals surface area contributed by atoms with Crippen LogP contribution in [0.1, 0.15) is 42.4 Å². The standard InChI is InChI=1S/C23H30N2O4S/c1-16-13-17(2)23(18(3)14-16)25(30(4,27)28)15-22(26)24-19-9-11-21(12-10-19)29-20-7-5-6-8-20/h9-14,20H,5-8,15H2,1-4H3,(H,24,26). The molecule has 0 radical (unpaired) electrons.